The van der Waals surface area contributed by atoms with E-state index in [2.05, 4.69) is 31.6 Å². The zero-order chi connectivity index (χ0) is 72.5. The van der Waals surface area contributed by atoms with Gasteiger partial charge in [-0.1, -0.05) is 68.0 Å². The Balaban J connectivity index is 0.668. The van der Waals surface area contributed by atoms with E-state index in [4.69, 9.17) is 25.3 Å². The van der Waals surface area contributed by atoms with Crippen LogP contribution in [0.25, 0.3) is 21.3 Å². The van der Waals surface area contributed by atoms with Crippen LogP contribution in [0, 0.1) is 30.1 Å². The van der Waals surface area contributed by atoms with E-state index in [0.717, 1.165) is 70.5 Å². The summed E-state index contributed by atoms with van der Waals surface area (Å²) in [6, 6.07) is 20.5. The van der Waals surface area contributed by atoms with Crippen molar-refractivity contribution in [3.8, 4) is 11.1 Å². The number of thiazole rings is 1. The second kappa shape index (κ2) is 32.3. The number of para-hydroxylation sites is 1. The molecule has 3 aromatic heterocycles. The molecule has 4 aliphatic carbocycles. The molecule has 542 valence electrons. The number of hydrogen-bond donors (Lipinski definition) is 9. The van der Waals surface area contributed by atoms with Crippen LogP contribution in [0.4, 0.5) is 26.2 Å². The first kappa shape index (κ1) is 73.8. The van der Waals surface area contributed by atoms with Gasteiger partial charge in [0.1, 0.15) is 24.5 Å². The van der Waals surface area contributed by atoms with Crippen molar-refractivity contribution in [2.45, 2.75) is 148 Å². The number of carboxylic acid groups (broad SMARTS) is 1. The number of carbonyl (C=O) groups excluding carboxylic acids is 8. The molecule has 0 saturated heterocycles. The summed E-state index contributed by atoms with van der Waals surface area (Å²) in [7, 11) is -4.53. The summed E-state index contributed by atoms with van der Waals surface area (Å²) in [5, 5.41) is 29.9. The number of nitrogens with one attached hydrogen (secondary N) is 5. The van der Waals surface area contributed by atoms with Crippen LogP contribution in [0.15, 0.2) is 97.2 Å². The summed E-state index contributed by atoms with van der Waals surface area (Å²) < 4.78 is 27.7. The number of aromatic nitrogens is 4. The maximum atomic E-state index is 13.8. The van der Waals surface area contributed by atoms with Gasteiger partial charge in [-0.05, 0) is 166 Å². The number of pyridine rings is 1. The predicted molar refractivity (Wildman–Crippen MR) is 380 cm³/mol. The van der Waals surface area contributed by atoms with Crippen molar-refractivity contribution in [2.75, 3.05) is 61.0 Å². The second-order valence-corrected chi connectivity index (χ2v) is 30.8. The topological polar surface area (TPSA) is 389 Å². The lowest BCUT2D eigenvalue weighted by Gasteiger charge is -2.61. The molecule has 2 unspecified atom stereocenters. The van der Waals surface area contributed by atoms with E-state index in [-0.39, 0.29) is 93.4 Å². The van der Waals surface area contributed by atoms with Gasteiger partial charge in [-0.25, -0.2) is 24.4 Å². The lowest BCUT2D eigenvalue weighted by Crippen LogP contribution is -2.58. The monoisotopic (exact) mass is 1440 g/mol. The van der Waals surface area contributed by atoms with E-state index in [1.54, 1.807) is 56.4 Å². The van der Waals surface area contributed by atoms with Crippen molar-refractivity contribution in [1.82, 2.24) is 45.5 Å². The molecular weight excluding hydrogens is 1350 g/mol. The maximum Gasteiger partial charge on any atom is 0.410 e. The molecule has 0 spiro atoms. The molecule has 9 amide bonds. The molecule has 102 heavy (non-hydrogen) atoms. The first-order valence-corrected chi connectivity index (χ1v) is 37.4. The fourth-order valence-electron chi connectivity index (χ4n) is 15.4. The van der Waals surface area contributed by atoms with Crippen LogP contribution >= 0.6 is 18.9 Å². The third-order valence-corrected chi connectivity index (χ3v) is 21.7. The molecule has 0 radical (unpaired) electrons. The Kier molecular flexibility index (Phi) is 23.4. The molecule has 10 N–H and O–H groups in total. The van der Waals surface area contributed by atoms with Gasteiger partial charge in [0.15, 0.2) is 10.8 Å². The molecule has 6 aromatic rings. The molecule has 2 aliphatic heterocycles. The minimum Gasteiger partial charge on any atom is -0.476 e. The summed E-state index contributed by atoms with van der Waals surface area (Å²) in [4.78, 5) is 150. The highest BCUT2D eigenvalue weighted by Crippen LogP contribution is 2.63. The van der Waals surface area contributed by atoms with Gasteiger partial charge < -0.3 is 61.2 Å². The lowest BCUT2D eigenvalue weighted by molar-refractivity contribution is -0.197. The van der Waals surface area contributed by atoms with E-state index in [9.17, 15) is 62.6 Å². The number of hydrogen-bond acceptors (Lipinski definition) is 17. The Morgan fingerprint density at radius 2 is 1.59 bits per heavy atom. The molecule has 28 nitrogen and oxygen atoms in total. The van der Waals surface area contributed by atoms with Gasteiger partial charge in [-0.3, -0.25) is 48.2 Å². The molecule has 6 aliphatic rings. The van der Waals surface area contributed by atoms with Crippen molar-refractivity contribution >= 4 is 99.3 Å². The van der Waals surface area contributed by atoms with E-state index >= 15 is 0 Å². The molecule has 30 heteroatoms. The van der Waals surface area contributed by atoms with E-state index in [1.807, 2.05) is 59.0 Å². The van der Waals surface area contributed by atoms with Gasteiger partial charge >= 0.3 is 25.7 Å². The Labute approximate surface area is 594 Å². The van der Waals surface area contributed by atoms with Crippen molar-refractivity contribution in [1.29, 1.82) is 0 Å². The molecular formula is C72H88N13O15PS. The Morgan fingerprint density at radius 3 is 2.30 bits per heavy atom. The number of benzene rings is 3. The highest BCUT2D eigenvalue weighted by Gasteiger charge is 2.58. The maximum absolute atomic E-state index is 13.8. The smallest absolute Gasteiger partial charge is 0.410 e. The number of fused-ring (bicyclic) bond motifs is 2. The number of rotatable bonds is 33. The third kappa shape index (κ3) is 18.4. The number of primary amides is 1. The fraction of sp³-hybridized carbons (Fsp3) is 0.472. The van der Waals surface area contributed by atoms with E-state index < -0.39 is 67.3 Å². The Morgan fingerprint density at radius 1 is 0.833 bits per heavy atom. The molecule has 4 bridgehead atoms. The van der Waals surface area contributed by atoms with Gasteiger partial charge in [0.2, 0.25) is 17.7 Å². The standard InChI is InChI=1S/C72H88N13O15PS/c1-44(2)62(80-59(86)17-5-4-8-29-84-60(87)24-25-61(84)88)66(91)77-56(15-10-27-74-68(73)94)65(90)76-50-20-18-46(19-21-50)41-99-70(95)82(31-33-101(96,97)98)28-11-32-100-72-37-47-34-48(38-72)36-71(35-47,42-72)43-85-45(3)53(39-75-85)51-22-23-58(79-63(51)67(92)93)83-30-26-49-12-9-13-52(54(49)40-83)64(89)81-69-78-55-14-6-7-16-57(55)102-69/h6-7,9,12-14,16,18-25,39,44,47-48,56,62H,4-5,8,10-11,15,17,26-38,40-43H2,1-3H3,(H,76,90)(H,77,91)(H,80,86)(H,92,93)(H3,73,74,94)(H,78,81,89)(H2,96,97,98)/t47?,48?,56-,62-,71?,72?/m0/s1. The number of unbranched alkanes of at least 4 members (excludes halogenated alkanes) is 2. The van der Waals surface area contributed by atoms with Crippen molar-refractivity contribution in [3.63, 3.8) is 0 Å². The predicted octanol–water partition coefficient (Wildman–Crippen LogP) is 8.44. The third-order valence-electron chi connectivity index (χ3n) is 20.0. The molecule has 4 fully saturated rings. The summed E-state index contributed by atoms with van der Waals surface area (Å²) in [5.41, 5.74) is 10.6. The van der Waals surface area contributed by atoms with Gasteiger partial charge in [0.25, 0.3) is 17.7 Å². The summed E-state index contributed by atoms with van der Waals surface area (Å²) in [6.45, 7) is 7.19. The van der Waals surface area contributed by atoms with Crippen LogP contribution < -0.4 is 37.2 Å². The van der Waals surface area contributed by atoms with Crippen molar-refractivity contribution in [3.05, 3.63) is 131 Å². The number of nitrogens with zero attached hydrogens (tertiary/aromatic N) is 7. The minimum absolute atomic E-state index is 0.0830. The second-order valence-electron chi connectivity index (χ2n) is 27.9. The van der Waals surface area contributed by atoms with Crippen LogP contribution in [0.1, 0.15) is 141 Å². The van der Waals surface area contributed by atoms with E-state index in [0.29, 0.717) is 102 Å². The summed E-state index contributed by atoms with van der Waals surface area (Å²) >= 11 is 1.40. The van der Waals surface area contributed by atoms with Gasteiger partial charge in [-0.15, -0.1) is 0 Å². The Bertz CT molecular complexity index is 4160. The number of anilines is 3. The quantitative estimate of drug-likeness (QED) is 0.0106. The number of urea groups is 1. The van der Waals surface area contributed by atoms with Gasteiger partial charge in [0.05, 0.1) is 28.2 Å². The van der Waals surface area contributed by atoms with Gasteiger partial charge in [-0.2, -0.15) is 5.10 Å². The number of nitrogens with two attached hydrogens (primary N) is 1. The average Bonchev–Trinajstić information content (AvgIpc) is 1.30. The number of carbonyl (C=O) groups is 9. The largest absolute Gasteiger partial charge is 0.476 e. The SMILES string of the molecule is Cc1c(-c2ccc(N3CCc4cccc(C(=O)Nc5nc6ccccc6s5)c4C3)nc2C(=O)O)cnn1CC12CC3CC(C1)CC(OCCCN(CCP(=O)(O)O)C(=O)OCc1ccc(NC(=O)[C@H](CCCNC(N)=O)NC(=O)[C@@H](NC(=O)CCCCCN4C(=O)C=CC4=O)C(C)C)cc1)(C3)C2. The molecule has 4 saturated carbocycles. The minimum atomic E-state index is -4.53. The first-order valence-electron chi connectivity index (χ1n) is 34.8. The molecule has 3 aromatic carbocycles. The zero-order valence-corrected chi connectivity index (χ0v) is 59.1. The summed E-state index contributed by atoms with van der Waals surface area (Å²) in [6.07, 6.45) is 11.3. The first-order chi connectivity index (χ1) is 48.8. The number of ether oxygens (including phenoxy) is 2. The summed E-state index contributed by atoms with van der Waals surface area (Å²) in [5.74, 6) is -2.84. The normalized spacial score (nSPS) is 19.5. The van der Waals surface area contributed by atoms with Crippen LogP contribution in [0.2, 0.25) is 0 Å². The van der Waals surface area contributed by atoms with E-state index in [1.165, 1.54) is 28.4 Å². The van der Waals surface area contributed by atoms with Crippen LogP contribution in [0.5, 0.6) is 0 Å². The molecule has 4 atom stereocenters. The highest BCUT2D eigenvalue weighted by molar-refractivity contribution is 7.51. The van der Waals surface area contributed by atoms with Crippen molar-refractivity contribution < 1.29 is 72.1 Å². The van der Waals surface area contributed by atoms with Gasteiger partial charge in [0, 0.05) is 99.1 Å². The van der Waals surface area contributed by atoms with Crippen LogP contribution in [-0.2, 0) is 64.1 Å². The zero-order valence-electron chi connectivity index (χ0n) is 57.4. The number of amides is 9. The average molecular weight is 1440 g/mol. The lowest BCUT2D eigenvalue weighted by atomic mass is 9.48. The number of carboxylic acids is 1. The highest BCUT2D eigenvalue weighted by atomic mass is 32.1. The molecule has 5 heterocycles. The fourth-order valence-corrected chi connectivity index (χ4v) is 16.8. The molecule has 12 rings (SSSR count). The number of imide groups is 1. The van der Waals surface area contributed by atoms with Crippen LogP contribution in [-0.4, -0.2) is 161 Å². The Hall–Kier alpha value is -9.41. The van der Waals surface area contributed by atoms with Crippen molar-refractivity contribution in [2.24, 2.45) is 28.9 Å². The van der Waals surface area contributed by atoms with Crippen LogP contribution in [0.3, 0.4) is 0 Å². The number of aromatic carboxylic acids is 1.